The molecular formula is C8H10BrN3. The Kier molecular flexibility index (Phi) is 3.22. The average Bonchev–Trinajstić information content (AvgIpc) is 2.01. The SMILES string of the molecule is C=C(Br)CNc1cc(C)cnn1. The van der Waals surface area contributed by atoms with Gasteiger partial charge in [0.05, 0.1) is 6.20 Å². The van der Waals surface area contributed by atoms with Gasteiger partial charge in [0, 0.05) is 11.0 Å². The molecule has 0 aliphatic carbocycles. The summed E-state index contributed by atoms with van der Waals surface area (Å²) in [4.78, 5) is 0. The summed E-state index contributed by atoms with van der Waals surface area (Å²) in [5, 5.41) is 10.8. The molecule has 64 valence electrons. The van der Waals surface area contributed by atoms with Gasteiger partial charge in [-0.05, 0) is 18.6 Å². The first-order chi connectivity index (χ1) is 5.68. The van der Waals surface area contributed by atoms with E-state index in [1.807, 2.05) is 13.0 Å². The zero-order valence-electron chi connectivity index (χ0n) is 6.84. The van der Waals surface area contributed by atoms with Gasteiger partial charge in [0.15, 0.2) is 0 Å². The summed E-state index contributed by atoms with van der Waals surface area (Å²) in [6.07, 6.45) is 1.72. The monoisotopic (exact) mass is 227 g/mol. The van der Waals surface area contributed by atoms with E-state index >= 15 is 0 Å². The van der Waals surface area contributed by atoms with Gasteiger partial charge in [-0.15, -0.1) is 5.10 Å². The van der Waals surface area contributed by atoms with Crippen LogP contribution in [0.1, 0.15) is 5.56 Å². The van der Waals surface area contributed by atoms with Crippen LogP contribution in [0.4, 0.5) is 5.82 Å². The molecule has 3 nitrogen and oxygen atoms in total. The van der Waals surface area contributed by atoms with Crippen LogP contribution in [0.25, 0.3) is 0 Å². The molecule has 0 saturated heterocycles. The Morgan fingerprint density at radius 3 is 3.08 bits per heavy atom. The van der Waals surface area contributed by atoms with Gasteiger partial charge in [-0.1, -0.05) is 22.5 Å². The molecule has 0 fully saturated rings. The highest BCUT2D eigenvalue weighted by Gasteiger charge is 1.93. The molecule has 0 amide bonds. The Bertz CT molecular complexity index is 285. The number of nitrogens with one attached hydrogen (secondary N) is 1. The quantitative estimate of drug-likeness (QED) is 0.860. The average molecular weight is 228 g/mol. The number of aryl methyl sites for hydroxylation is 1. The van der Waals surface area contributed by atoms with Gasteiger partial charge in [0.2, 0.25) is 0 Å². The smallest absolute Gasteiger partial charge is 0.149 e. The Hall–Kier alpha value is -0.900. The Morgan fingerprint density at radius 1 is 1.75 bits per heavy atom. The molecular weight excluding hydrogens is 218 g/mol. The van der Waals surface area contributed by atoms with E-state index in [1.54, 1.807) is 6.20 Å². The molecule has 12 heavy (non-hydrogen) atoms. The number of nitrogens with zero attached hydrogens (tertiary/aromatic N) is 2. The molecule has 0 unspecified atom stereocenters. The highest BCUT2D eigenvalue weighted by atomic mass is 79.9. The molecule has 1 N–H and O–H groups in total. The zero-order chi connectivity index (χ0) is 8.97. The van der Waals surface area contributed by atoms with Crippen molar-refractivity contribution < 1.29 is 0 Å². The molecule has 4 heteroatoms. The second-order valence-corrected chi connectivity index (χ2v) is 3.61. The topological polar surface area (TPSA) is 37.8 Å². The van der Waals surface area contributed by atoms with E-state index in [9.17, 15) is 0 Å². The van der Waals surface area contributed by atoms with Crippen LogP contribution in [-0.2, 0) is 0 Å². The molecule has 1 rings (SSSR count). The van der Waals surface area contributed by atoms with E-state index in [-0.39, 0.29) is 0 Å². The number of hydrogen-bond donors (Lipinski definition) is 1. The van der Waals surface area contributed by atoms with Gasteiger partial charge in [0.25, 0.3) is 0 Å². The maximum atomic E-state index is 3.89. The summed E-state index contributed by atoms with van der Waals surface area (Å²) in [7, 11) is 0. The Balaban J connectivity index is 2.57. The predicted molar refractivity (Wildman–Crippen MR) is 53.3 cm³/mol. The van der Waals surface area contributed by atoms with Crippen molar-refractivity contribution in [3.05, 3.63) is 28.9 Å². The van der Waals surface area contributed by atoms with Crippen molar-refractivity contribution in [2.75, 3.05) is 11.9 Å². The third-order valence-electron chi connectivity index (χ3n) is 1.25. The van der Waals surface area contributed by atoms with E-state index < -0.39 is 0 Å². The molecule has 1 aromatic rings. The maximum absolute atomic E-state index is 3.89. The first-order valence-electron chi connectivity index (χ1n) is 3.55. The lowest BCUT2D eigenvalue weighted by atomic mass is 10.3. The third-order valence-corrected chi connectivity index (χ3v) is 1.53. The maximum Gasteiger partial charge on any atom is 0.149 e. The van der Waals surface area contributed by atoms with Crippen molar-refractivity contribution in [2.24, 2.45) is 0 Å². The van der Waals surface area contributed by atoms with E-state index in [4.69, 9.17) is 0 Å². The fourth-order valence-corrected chi connectivity index (χ4v) is 0.877. The highest BCUT2D eigenvalue weighted by molar-refractivity contribution is 9.11. The summed E-state index contributed by atoms with van der Waals surface area (Å²) in [6.45, 7) is 6.34. The van der Waals surface area contributed by atoms with Gasteiger partial charge < -0.3 is 5.32 Å². The Labute approximate surface area is 80.0 Å². The summed E-state index contributed by atoms with van der Waals surface area (Å²) < 4.78 is 0.894. The van der Waals surface area contributed by atoms with Gasteiger partial charge in [0.1, 0.15) is 5.82 Å². The fraction of sp³-hybridized carbons (Fsp3) is 0.250. The van der Waals surface area contributed by atoms with Gasteiger partial charge in [-0.25, -0.2) is 0 Å². The minimum absolute atomic E-state index is 0.665. The van der Waals surface area contributed by atoms with Crippen molar-refractivity contribution in [2.45, 2.75) is 6.92 Å². The normalized spacial score (nSPS) is 9.50. The van der Waals surface area contributed by atoms with Gasteiger partial charge in [-0.3, -0.25) is 0 Å². The molecule has 0 aliphatic rings. The van der Waals surface area contributed by atoms with Crippen LogP contribution in [0.2, 0.25) is 0 Å². The van der Waals surface area contributed by atoms with Crippen molar-refractivity contribution in [1.82, 2.24) is 10.2 Å². The standard InChI is InChI=1S/C8H10BrN3/c1-6-3-8(12-11-4-6)10-5-7(2)9/h3-4H,2,5H2,1H3,(H,10,12). The van der Waals surface area contributed by atoms with E-state index in [0.717, 1.165) is 15.9 Å². The second-order valence-electron chi connectivity index (χ2n) is 2.49. The molecule has 0 atom stereocenters. The first-order valence-corrected chi connectivity index (χ1v) is 4.34. The van der Waals surface area contributed by atoms with Crippen molar-refractivity contribution in [3.8, 4) is 0 Å². The number of anilines is 1. The van der Waals surface area contributed by atoms with E-state index in [1.165, 1.54) is 0 Å². The minimum atomic E-state index is 0.665. The van der Waals surface area contributed by atoms with Crippen LogP contribution in [0.5, 0.6) is 0 Å². The molecule has 0 saturated carbocycles. The summed E-state index contributed by atoms with van der Waals surface area (Å²) in [6, 6.07) is 1.93. The van der Waals surface area contributed by atoms with Crippen LogP contribution in [0.15, 0.2) is 23.3 Å². The molecule has 1 aromatic heterocycles. The predicted octanol–water partition coefficient (Wildman–Crippen LogP) is 2.11. The molecule has 1 heterocycles. The van der Waals surface area contributed by atoms with Crippen molar-refractivity contribution in [1.29, 1.82) is 0 Å². The Morgan fingerprint density at radius 2 is 2.50 bits per heavy atom. The van der Waals surface area contributed by atoms with E-state index in [2.05, 4.69) is 38.0 Å². The largest absolute Gasteiger partial charge is 0.364 e. The lowest BCUT2D eigenvalue weighted by molar-refractivity contribution is 1.01. The number of halogens is 1. The lowest BCUT2D eigenvalue weighted by Gasteiger charge is -2.02. The van der Waals surface area contributed by atoms with Crippen molar-refractivity contribution in [3.63, 3.8) is 0 Å². The number of aromatic nitrogens is 2. The van der Waals surface area contributed by atoms with Crippen LogP contribution >= 0.6 is 15.9 Å². The van der Waals surface area contributed by atoms with Gasteiger partial charge >= 0.3 is 0 Å². The lowest BCUT2D eigenvalue weighted by Crippen LogP contribution is -2.03. The molecule has 0 bridgehead atoms. The summed E-state index contributed by atoms with van der Waals surface area (Å²) in [5.74, 6) is 0.774. The molecule has 0 radical (unpaired) electrons. The highest BCUT2D eigenvalue weighted by Crippen LogP contribution is 2.06. The number of rotatable bonds is 3. The molecule has 0 spiro atoms. The molecule has 0 aliphatic heterocycles. The summed E-state index contributed by atoms with van der Waals surface area (Å²) >= 11 is 3.25. The second kappa shape index (κ2) is 4.21. The number of hydrogen-bond acceptors (Lipinski definition) is 3. The minimum Gasteiger partial charge on any atom is -0.364 e. The van der Waals surface area contributed by atoms with Crippen LogP contribution in [0.3, 0.4) is 0 Å². The molecule has 0 aromatic carbocycles. The van der Waals surface area contributed by atoms with Gasteiger partial charge in [-0.2, -0.15) is 5.10 Å². The van der Waals surface area contributed by atoms with Crippen LogP contribution in [0, 0.1) is 6.92 Å². The van der Waals surface area contributed by atoms with Crippen LogP contribution in [-0.4, -0.2) is 16.7 Å². The van der Waals surface area contributed by atoms with E-state index in [0.29, 0.717) is 6.54 Å². The summed E-state index contributed by atoms with van der Waals surface area (Å²) in [5.41, 5.74) is 1.09. The van der Waals surface area contributed by atoms with Crippen LogP contribution < -0.4 is 5.32 Å². The third kappa shape index (κ3) is 3.00. The fourth-order valence-electron chi connectivity index (χ4n) is 0.737. The first kappa shape index (κ1) is 9.19. The zero-order valence-corrected chi connectivity index (χ0v) is 8.43. The van der Waals surface area contributed by atoms with Crippen molar-refractivity contribution >= 4 is 21.7 Å².